The maximum atomic E-state index is 11.9. The summed E-state index contributed by atoms with van der Waals surface area (Å²) in [6.07, 6.45) is 1.48. The van der Waals surface area contributed by atoms with Gasteiger partial charge in [0.05, 0.1) is 0 Å². The van der Waals surface area contributed by atoms with Gasteiger partial charge in [-0.1, -0.05) is 13.8 Å². The van der Waals surface area contributed by atoms with Crippen molar-refractivity contribution in [3.63, 3.8) is 0 Å². The molecule has 0 aliphatic carbocycles. The van der Waals surface area contributed by atoms with Gasteiger partial charge in [-0.15, -0.1) is 0 Å². The molecule has 88 valence electrons. The van der Waals surface area contributed by atoms with E-state index >= 15 is 0 Å². The number of rotatable bonds is 4. The largest absolute Gasteiger partial charge is 0.330 e. The molecule has 2 N–H and O–H groups in total. The van der Waals surface area contributed by atoms with Crippen LogP contribution in [0.2, 0.25) is 0 Å². The van der Waals surface area contributed by atoms with Gasteiger partial charge in [0.15, 0.2) is 0 Å². The second kappa shape index (κ2) is 4.49. The summed E-state index contributed by atoms with van der Waals surface area (Å²) in [6.45, 7) is 7.86. The van der Waals surface area contributed by atoms with Crippen molar-refractivity contribution in [2.75, 3.05) is 20.1 Å². The van der Waals surface area contributed by atoms with E-state index in [9.17, 15) is 4.79 Å². The minimum atomic E-state index is -0.0360. The van der Waals surface area contributed by atoms with E-state index in [1.165, 1.54) is 0 Å². The molecular formula is C11H23N3O. The number of hydrazine groups is 1. The van der Waals surface area contributed by atoms with Gasteiger partial charge in [-0.25, -0.2) is 5.01 Å². The van der Waals surface area contributed by atoms with Crippen LogP contribution < -0.4 is 5.73 Å². The monoisotopic (exact) mass is 213 g/mol. The smallest absolute Gasteiger partial charge is 0.238 e. The molecule has 1 aliphatic rings. The number of carbonyl (C=O) groups is 1. The highest BCUT2D eigenvalue weighted by atomic mass is 16.2. The van der Waals surface area contributed by atoms with Crippen LogP contribution in [0.15, 0.2) is 0 Å². The highest BCUT2D eigenvalue weighted by molar-refractivity contribution is 5.79. The van der Waals surface area contributed by atoms with Crippen molar-refractivity contribution in [3.8, 4) is 0 Å². The molecule has 0 spiro atoms. The van der Waals surface area contributed by atoms with Gasteiger partial charge < -0.3 is 5.73 Å². The van der Waals surface area contributed by atoms with E-state index in [0.29, 0.717) is 18.9 Å². The Hall–Kier alpha value is -0.610. The maximum absolute atomic E-state index is 11.9. The Bertz CT molecular complexity index is 242. The summed E-state index contributed by atoms with van der Waals surface area (Å²) in [7, 11) is 2.00. The summed E-state index contributed by atoms with van der Waals surface area (Å²) < 4.78 is 0. The lowest BCUT2D eigenvalue weighted by Crippen LogP contribution is -2.49. The molecule has 1 aliphatic heterocycles. The van der Waals surface area contributed by atoms with Crippen molar-refractivity contribution in [3.05, 3.63) is 0 Å². The first-order chi connectivity index (χ1) is 6.93. The SMILES string of the molecule is CC(C)C1(C)CC(=O)N(CCCN)N1C. The molecule has 1 heterocycles. The van der Waals surface area contributed by atoms with Crippen LogP contribution in [0.4, 0.5) is 0 Å². The van der Waals surface area contributed by atoms with Crippen LogP contribution in [0.5, 0.6) is 0 Å². The van der Waals surface area contributed by atoms with Crippen LogP contribution in [0.1, 0.15) is 33.6 Å². The Morgan fingerprint density at radius 2 is 2.13 bits per heavy atom. The van der Waals surface area contributed by atoms with Gasteiger partial charge in [-0.2, -0.15) is 0 Å². The summed E-state index contributed by atoms with van der Waals surface area (Å²) >= 11 is 0. The van der Waals surface area contributed by atoms with Gasteiger partial charge in [-0.3, -0.25) is 9.80 Å². The molecule has 1 amide bonds. The van der Waals surface area contributed by atoms with Crippen molar-refractivity contribution in [2.45, 2.75) is 39.2 Å². The molecule has 0 aromatic heterocycles. The third-order valence-electron chi connectivity index (χ3n) is 3.72. The molecule has 0 bridgehead atoms. The molecule has 1 rings (SSSR count). The Morgan fingerprint density at radius 1 is 1.53 bits per heavy atom. The lowest BCUT2D eigenvalue weighted by Gasteiger charge is -2.38. The molecular weight excluding hydrogens is 190 g/mol. The van der Waals surface area contributed by atoms with Crippen LogP contribution in [0.25, 0.3) is 0 Å². The third kappa shape index (κ3) is 2.16. The zero-order chi connectivity index (χ0) is 11.6. The highest BCUT2D eigenvalue weighted by Gasteiger charge is 2.46. The minimum absolute atomic E-state index is 0.0360. The molecule has 1 unspecified atom stereocenters. The molecule has 0 radical (unpaired) electrons. The maximum Gasteiger partial charge on any atom is 0.238 e. The molecule has 0 aromatic carbocycles. The van der Waals surface area contributed by atoms with Gasteiger partial charge in [0.1, 0.15) is 0 Å². The van der Waals surface area contributed by atoms with Crippen molar-refractivity contribution in [1.29, 1.82) is 0 Å². The number of hydrogen-bond acceptors (Lipinski definition) is 3. The first-order valence-electron chi connectivity index (χ1n) is 5.67. The lowest BCUT2D eigenvalue weighted by atomic mass is 9.86. The van der Waals surface area contributed by atoms with Crippen molar-refractivity contribution >= 4 is 5.91 Å². The number of nitrogens with zero attached hydrogens (tertiary/aromatic N) is 2. The predicted molar refractivity (Wildman–Crippen MR) is 61.0 cm³/mol. The van der Waals surface area contributed by atoms with Crippen LogP contribution in [-0.2, 0) is 4.79 Å². The van der Waals surface area contributed by atoms with Gasteiger partial charge in [0, 0.05) is 25.6 Å². The number of nitrogens with two attached hydrogens (primary N) is 1. The average molecular weight is 213 g/mol. The highest BCUT2D eigenvalue weighted by Crippen LogP contribution is 2.34. The van der Waals surface area contributed by atoms with Gasteiger partial charge in [0.2, 0.25) is 5.91 Å². The van der Waals surface area contributed by atoms with Crippen LogP contribution in [-0.4, -0.2) is 41.6 Å². The Kier molecular flexibility index (Phi) is 3.73. The van der Waals surface area contributed by atoms with Crippen molar-refractivity contribution in [2.24, 2.45) is 11.7 Å². The van der Waals surface area contributed by atoms with Crippen molar-refractivity contribution < 1.29 is 4.79 Å². The Labute approximate surface area is 92.4 Å². The van der Waals surface area contributed by atoms with E-state index in [-0.39, 0.29) is 11.4 Å². The zero-order valence-electron chi connectivity index (χ0n) is 10.3. The van der Waals surface area contributed by atoms with E-state index in [0.717, 1.165) is 13.0 Å². The van der Waals surface area contributed by atoms with Gasteiger partial charge >= 0.3 is 0 Å². The first-order valence-corrected chi connectivity index (χ1v) is 5.67. The van der Waals surface area contributed by atoms with Crippen LogP contribution in [0, 0.1) is 5.92 Å². The van der Waals surface area contributed by atoms with E-state index in [1.807, 2.05) is 12.1 Å². The van der Waals surface area contributed by atoms with Gasteiger partial charge in [-0.05, 0) is 25.8 Å². The van der Waals surface area contributed by atoms with Gasteiger partial charge in [0.25, 0.3) is 0 Å². The second-order valence-electron chi connectivity index (χ2n) is 4.87. The predicted octanol–water partition coefficient (Wildman–Crippen LogP) is 0.829. The molecule has 1 fully saturated rings. The fourth-order valence-electron chi connectivity index (χ4n) is 2.05. The number of hydrogen-bond donors (Lipinski definition) is 1. The van der Waals surface area contributed by atoms with E-state index in [2.05, 4.69) is 25.8 Å². The molecule has 4 nitrogen and oxygen atoms in total. The molecule has 1 atom stereocenters. The summed E-state index contributed by atoms with van der Waals surface area (Å²) in [6, 6.07) is 0. The summed E-state index contributed by atoms with van der Waals surface area (Å²) in [5.74, 6) is 0.691. The normalized spacial score (nSPS) is 28.1. The minimum Gasteiger partial charge on any atom is -0.330 e. The third-order valence-corrected chi connectivity index (χ3v) is 3.72. The fraction of sp³-hybridized carbons (Fsp3) is 0.909. The Balaban J connectivity index is 2.74. The molecule has 0 aromatic rings. The van der Waals surface area contributed by atoms with Crippen LogP contribution in [0.3, 0.4) is 0 Å². The molecule has 4 heteroatoms. The number of carbonyl (C=O) groups excluding carboxylic acids is 1. The second-order valence-corrected chi connectivity index (χ2v) is 4.87. The molecule has 0 saturated carbocycles. The van der Waals surface area contributed by atoms with E-state index in [4.69, 9.17) is 5.73 Å². The fourth-order valence-corrected chi connectivity index (χ4v) is 2.05. The van der Waals surface area contributed by atoms with Crippen LogP contribution >= 0.6 is 0 Å². The van der Waals surface area contributed by atoms with E-state index < -0.39 is 0 Å². The molecule has 1 saturated heterocycles. The molecule has 15 heavy (non-hydrogen) atoms. The van der Waals surface area contributed by atoms with E-state index in [1.54, 1.807) is 0 Å². The average Bonchev–Trinajstić information content (AvgIpc) is 2.37. The summed E-state index contributed by atoms with van der Waals surface area (Å²) in [4.78, 5) is 11.9. The van der Waals surface area contributed by atoms with Crippen molar-refractivity contribution in [1.82, 2.24) is 10.0 Å². The quantitative estimate of drug-likeness (QED) is 0.752. The first kappa shape index (κ1) is 12.5. The standard InChI is InChI=1S/C11H23N3O/c1-9(2)11(3)8-10(15)14(13(11)4)7-5-6-12/h9H,5-8,12H2,1-4H3. The summed E-state index contributed by atoms with van der Waals surface area (Å²) in [5.41, 5.74) is 5.43. The zero-order valence-corrected chi connectivity index (χ0v) is 10.3. The summed E-state index contributed by atoms with van der Waals surface area (Å²) in [5, 5.41) is 3.93. The topological polar surface area (TPSA) is 49.6 Å². The lowest BCUT2D eigenvalue weighted by molar-refractivity contribution is -0.139. The number of amides is 1. The Morgan fingerprint density at radius 3 is 2.53 bits per heavy atom.